The molecule has 0 aromatic heterocycles. The van der Waals surface area contributed by atoms with Crippen molar-refractivity contribution >= 4 is 15.9 Å². The summed E-state index contributed by atoms with van der Waals surface area (Å²) in [6, 6.07) is 4.84. The summed E-state index contributed by atoms with van der Waals surface area (Å²) in [5, 5.41) is 3.87. The second kappa shape index (κ2) is 7.35. The molecule has 1 atom stereocenters. The van der Waals surface area contributed by atoms with Crippen molar-refractivity contribution < 1.29 is 9.47 Å². The van der Waals surface area contributed by atoms with Gasteiger partial charge in [0.05, 0.1) is 18.2 Å². The van der Waals surface area contributed by atoms with E-state index in [4.69, 9.17) is 9.47 Å². The Balaban J connectivity index is 1.45. The predicted octanol–water partition coefficient (Wildman–Crippen LogP) is 5.55. The maximum Gasteiger partial charge on any atom is 0.175 e. The molecule has 1 aromatic rings. The van der Waals surface area contributed by atoms with Crippen molar-refractivity contribution in [2.24, 2.45) is 23.2 Å². The summed E-state index contributed by atoms with van der Waals surface area (Å²) in [6.45, 7) is 5.93. The molecule has 0 amide bonds. The quantitative estimate of drug-likeness (QED) is 0.625. The molecule has 0 saturated heterocycles. The van der Waals surface area contributed by atoms with Gasteiger partial charge < -0.3 is 14.8 Å². The number of nitrogens with one attached hydrogen (secondary N) is 1. The van der Waals surface area contributed by atoms with Gasteiger partial charge in [0.15, 0.2) is 11.5 Å². The highest BCUT2D eigenvalue weighted by atomic mass is 79.9. The van der Waals surface area contributed by atoms with Gasteiger partial charge in [-0.1, -0.05) is 0 Å². The van der Waals surface area contributed by atoms with Gasteiger partial charge >= 0.3 is 0 Å². The highest BCUT2D eigenvalue weighted by Gasteiger charge is 2.52. The van der Waals surface area contributed by atoms with Crippen LogP contribution in [0.15, 0.2) is 16.6 Å². The third-order valence-corrected chi connectivity index (χ3v) is 7.78. The summed E-state index contributed by atoms with van der Waals surface area (Å²) in [7, 11) is 1.71. The van der Waals surface area contributed by atoms with Gasteiger partial charge in [0.2, 0.25) is 0 Å². The standard InChI is InChI=1S/C22H32BrNO2/c1-4-26-21-19(23)8-18(9-20(21)25-3)13-24-14(2)22-10-15-5-16(11-22)7-17(6-15)12-22/h8-9,14-17,24H,4-7,10-13H2,1-3H3. The molecule has 4 fully saturated rings. The summed E-state index contributed by atoms with van der Waals surface area (Å²) >= 11 is 3.65. The average molecular weight is 422 g/mol. The maximum atomic E-state index is 5.71. The van der Waals surface area contributed by atoms with E-state index in [1.807, 2.05) is 6.92 Å². The summed E-state index contributed by atoms with van der Waals surface area (Å²) < 4.78 is 12.2. The number of methoxy groups -OCH3 is 1. The second-order valence-corrected chi connectivity index (χ2v) is 9.78. The summed E-state index contributed by atoms with van der Waals surface area (Å²) in [6.07, 6.45) is 8.87. The van der Waals surface area contributed by atoms with Crippen LogP contribution in [0.5, 0.6) is 11.5 Å². The molecule has 4 bridgehead atoms. The van der Waals surface area contributed by atoms with E-state index in [0.29, 0.717) is 18.1 Å². The molecule has 1 unspecified atom stereocenters. The molecule has 26 heavy (non-hydrogen) atoms. The lowest BCUT2D eigenvalue weighted by molar-refractivity contribution is -0.0706. The van der Waals surface area contributed by atoms with Gasteiger partial charge in [-0.15, -0.1) is 0 Å². The summed E-state index contributed by atoms with van der Waals surface area (Å²) in [5.41, 5.74) is 1.79. The number of hydrogen-bond acceptors (Lipinski definition) is 3. The minimum Gasteiger partial charge on any atom is -0.493 e. The molecule has 4 heteroatoms. The molecule has 1 aromatic carbocycles. The highest BCUT2D eigenvalue weighted by molar-refractivity contribution is 9.10. The molecule has 1 N–H and O–H groups in total. The number of benzene rings is 1. The molecule has 0 spiro atoms. The zero-order chi connectivity index (χ0) is 18.3. The molecule has 0 aliphatic heterocycles. The van der Waals surface area contributed by atoms with E-state index in [2.05, 4.69) is 40.3 Å². The van der Waals surface area contributed by atoms with E-state index in [1.54, 1.807) is 7.11 Å². The minimum atomic E-state index is 0.543. The maximum absolute atomic E-state index is 5.71. The van der Waals surface area contributed by atoms with Crippen LogP contribution >= 0.6 is 15.9 Å². The van der Waals surface area contributed by atoms with Gasteiger partial charge in [0.25, 0.3) is 0 Å². The average Bonchev–Trinajstić information content (AvgIpc) is 2.60. The Morgan fingerprint density at radius 1 is 1.15 bits per heavy atom. The molecule has 144 valence electrons. The zero-order valence-corrected chi connectivity index (χ0v) is 17.9. The van der Waals surface area contributed by atoms with Crippen molar-refractivity contribution in [3.63, 3.8) is 0 Å². The van der Waals surface area contributed by atoms with Crippen molar-refractivity contribution in [2.45, 2.75) is 65.0 Å². The van der Waals surface area contributed by atoms with E-state index in [1.165, 1.54) is 44.1 Å². The van der Waals surface area contributed by atoms with Crippen LogP contribution < -0.4 is 14.8 Å². The van der Waals surface area contributed by atoms with Crippen molar-refractivity contribution in [3.8, 4) is 11.5 Å². The van der Waals surface area contributed by atoms with Crippen molar-refractivity contribution in [2.75, 3.05) is 13.7 Å². The van der Waals surface area contributed by atoms with Crippen molar-refractivity contribution in [1.29, 1.82) is 0 Å². The van der Waals surface area contributed by atoms with Gasteiger partial charge in [0, 0.05) is 12.6 Å². The van der Waals surface area contributed by atoms with Crippen LogP contribution in [0.3, 0.4) is 0 Å². The first-order valence-electron chi connectivity index (χ1n) is 10.3. The van der Waals surface area contributed by atoms with Crippen LogP contribution in [0.25, 0.3) is 0 Å². The largest absolute Gasteiger partial charge is 0.493 e. The topological polar surface area (TPSA) is 30.5 Å². The number of halogens is 1. The third kappa shape index (κ3) is 3.40. The normalized spacial score (nSPS) is 33.3. The molecule has 4 aliphatic rings. The van der Waals surface area contributed by atoms with Gasteiger partial charge in [-0.05, 0) is 109 Å². The summed E-state index contributed by atoms with van der Waals surface area (Å²) in [4.78, 5) is 0. The Morgan fingerprint density at radius 2 is 1.77 bits per heavy atom. The van der Waals surface area contributed by atoms with Crippen LogP contribution in [0.1, 0.15) is 57.9 Å². The number of ether oxygens (including phenoxy) is 2. The van der Waals surface area contributed by atoms with Gasteiger partial charge in [-0.25, -0.2) is 0 Å². The molecule has 4 aliphatic carbocycles. The lowest BCUT2D eigenvalue weighted by Gasteiger charge is -2.59. The molecule has 4 saturated carbocycles. The fourth-order valence-electron chi connectivity index (χ4n) is 6.36. The molecule has 0 heterocycles. The summed E-state index contributed by atoms with van der Waals surface area (Å²) in [5.74, 6) is 4.62. The third-order valence-electron chi connectivity index (χ3n) is 7.19. The molecule has 3 nitrogen and oxygen atoms in total. The van der Waals surface area contributed by atoms with E-state index in [-0.39, 0.29) is 0 Å². The monoisotopic (exact) mass is 421 g/mol. The first-order chi connectivity index (χ1) is 12.5. The Bertz CT molecular complexity index is 625. The van der Waals surface area contributed by atoms with E-state index >= 15 is 0 Å². The fourth-order valence-corrected chi connectivity index (χ4v) is 6.96. The Kier molecular flexibility index (Phi) is 5.26. The minimum absolute atomic E-state index is 0.543. The lowest BCUT2D eigenvalue weighted by atomic mass is 9.48. The zero-order valence-electron chi connectivity index (χ0n) is 16.3. The van der Waals surface area contributed by atoms with Gasteiger partial charge in [0.1, 0.15) is 0 Å². The molecular weight excluding hydrogens is 390 g/mol. The fraction of sp³-hybridized carbons (Fsp3) is 0.727. The van der Waals surface area contributed by atoms with Crippen molar-refractivity contribution in [3.05, 3.63) is 22.2 Å². The van der Waals surface area contributed by atoms with E-state index in [0.717, 1.165) is 40.3 Å². The molecule has 0 radical (unpaired) electrons. The molecular formula is C22H32BrNO2. The smallest absolute Gasteiger partial charge is 0.175 e. The van der Waals surface area contributed by atoms with Gasteiger partial charge in [-0.3, -0.25) is 0 Å². The first-order valence-corrected chi connectivity index (χ1v) is 11.0. The lowest BCUT2D eigenvalue weighted by Crippen LogP contribution is -2.54. The van der Waals surface area contributed by atoms with E-state index < -0.39 is 0 Å². The van der Waals surface area contributed by atoms with Crippen LogP contribution in [0.2, 0.25) is 0 Å². The Labute approximate surface area is 166 Å². The number of rotatable bonds is 7. The van der Waals surface area contributed by atoms with Crippen molar-refractivity contribution in [1.82, 2.24) is 5.32 Å². The highest BCUT2D eigenvalue weighted by Crippen LogP contribution is 2.61. The van der Waals surface area contributed by atoms with Crippen LogP contribution in [0, 0.1) is 23.2 Å². The molecule has 5 rings (SSSR count). The Morgan fingerprint density at radius 3 is 2.31 bits per heavy atom. The Hall–Kier alpha value is -0.740. The van der Waals surface area contributed by atoms with Crippen LogP contribution in [-0.4, -0.2) is 19.8 Å². The SMILES string of the molecule is CCOc1c(Br)cc(CNC(C)C23CC4CC(CC(C4)C2)C3)cc1OC. The van der Waals surface area contributed by atoms with Crippen LogP contribution in [-0.2, 0) is 6.54 Å². The number of hydrogen-bond donors (Lipinski definition) is 1. The second-order valence-electron chi connectivity index (χ2n) is 8.92. The van der Waals surface area contributed by atoms with Gasteiger partial charge in [-0.2, -0.15) is 0 Å². The predicted molar refractivity (Wildman–Crippen MR) is 109 cm³/mol. The van der Waals surface area contributed by atoms with Crippen LogP contribution in [0.4, 0.5) is 0 Å². The first kappa shape index (κ1) is 18.6. The van der Waals surface area contributed by atoms with E-state index in [9.17, 15) is 0 Å².